The van der Waals surface area contributed by atoms with Gasteiger partial charge < -0.3 is 0 Å². The predicted molar refractivity (Wildman–Crippen MR) is 38.7 cm³/mol. The van der Waals surface area contributed by atoms with Crippen LogP contribution in [-0.4, -0.2) is 0 Å². The number of hydrogen-bond acceptors (Lipinski definition) is 0. The Balaban J connectivity index is 3.41. The van der Waals surface area contributed by atoms with Crippen molar-refractivity contribution in [2.24, 2.45) is 0 Å². The van der Waals surface area contributed by atoms with Gasteiger partial charge in [-0.2, -0.15) is 0 Å². The zero-order chi connectivity index (χ0) is 6.24. The number of hydrogen-bond donors (Lipinski definition) is 0. The van der Waals surface area contributed by atoms with Crippen molar-refractivity contribution in [1.82, 2.24) is 0 Å². The Hall–Kier alpha value is -1.04. The van der Waals surface area contributed by atoms with Gasteiger partial charge in [-0.3, -0.25) is 0 Å². The van der Waals surface area contributed by atoms with Crippen molar-refractivity contribution in [1.29, 1.82) is 0 Å². The molecule has 0 bridgehead atoms. The molecule has 0 unspecified atom stereocenters. The molecular formula is C8H10. The van der Waals surface area contributed by atoms with Crippen molar-refractivity contribution in [3.63, 3.8) is 0 Å². The second kappa shape index (κ2) is 5.96. The molecule has 0 saturated carbocycles. The lowest BCUT2D eigenvalue weighted by molar-refractivity contribution is 1.91. The highest BCUT2D eigenvalue weighted by Crippen LogP contribution is 1.76. The van der Waals surface area contributed by atoms with E-state index in [0.717, 1.165) is 0 Å². The third kappa shape index (κ3) is 4.96. The van der Waals surface area contributed by atoms with Crippen LogP contribution in [0, 0.1) is 0 Å². The molecule has 0 aliphatic carbocycles. The first-order valence-corrected chi connectivity index (χ1v) is 2.48. The van der Waals surface area contributed by atoms with Crippen LogP contribution in [0.3, 0.4) is 0 Å². The van der Waals surface area contributed by atoms with Gasteiger partial charge in [0.25, 0.3) is 0 Å². The summed E-state index contributed by atoms with van der Waals surface area (Å²) in [5.41, 5.74) is 0. The van der Waals surface area contributed by atoms with Gasteiger partial charge in [-0.05, 0) is 0 Å². The van der Waals surface area contributed by atoms with E-state index < -0.39 is 0 Å². The highest BCUT2D eigenvalue weighted by molar-refractivity contribution is 5.12. The third-order valence-corrected chi connectivity index (χ3v) is 0.605. The molecule has 0 aromatic rings. The molecule has 0 radical (unpaired) electrons. The third-order valence-electron chi connectivity index (χ3n) is 0.605. The van der Waals surface area contributed by atoms with Crippen molar-refractivity contribution >= 4 is 0 Å². The molecule has 0 aromatic heterocycles. The van der Waals surface area contributed by atoms with Gasteiger partial charge in [-0.15, -0.1) is 0 Å². The van der Waals surface area contributed by atoms with Crippen LogP contribution in [0.4, 0.5) is 0 Å². The van der Waals surface area contributed by atoms with Gasteiger partial charge in [-0.1, -0.05) is 49.6 Å². The molecule has 0 aromatic carbocycles. The van der Waals surface area contributed by atoms with Crippen LogP contribution in [0.5, 0.6) is 0 Å². The minimum Gasteiger partial charge on any atom is -0.0991 e. The quantitative estimate of drug-likeness (QED) is 0.485. The van der Waals surface area contributed by atoms with E-state index in [4.69, 9.17) is 0 Å². The number of rotatable bonds is 3. The van der Waals surface area contributed by atoms with Crippen molar-refractivity contribution in [2.75, 3.05) is 0 Å². The van der Waals surface area contributed by atoms with E-state index >= 15 is 0 Å². The Kier molecular flexibility index (Phi) is 5.19. The molecule has 0 saturated heterocycles. The Labute approximate surface area is 50.5 Å². The molecule has 0 aliphatic heterocycles. The van der Waals surface area contributed by atoms with Gasteiger partial charge in [0.1, 0.15) is 0 Å². The van der Waals surface area contributed by atoms with Crippen LogP contribution in [0.2, 0.25) is 0 Å². The molecule has 0 heteroatoms. The first-order chi connectivity index (χ1) is 3.91. The zero-order valence-electron chi connectivity index (χ0n) is 4.88. The van der Waals surface area contributed by atoms with Crippen molar-refractivity contribution in [3.05, 3.63) is 49.6 Å². The van der Waals surface area contributed by atoms with E-state index in [0.29, 0.717) is 0 Å². The van der Waals surface area contributed by atoms with E-state index in [1.54, 1.807) is 12.2 Å². The molecule has 0 N–H and O–H groups in total. The van der Waals surface area contributed by atoms with Crippen molar-refractivity contribution in [3.8, 4) is 0 Å². The van der Waals surface area contributed by atoms with Crippen LogP contribution < -0.4 is 0 Å². The first kappa shape index (κ1) is 6.96. The van der Waals surface area contributed by atoms with Crippen LogP contribution >= 0.6 is 0 Å². The first-order valence-electron chi connectivity index (χ1n) is 2.48. The normalized spacial score (nSPS) is 10.5. The second-order valence-electron chi connectivity index (χ2n) is 1.24. The molecule has 0 nitrogen and oxygen atoms in total. The highest BCUT2D eigenvalue weighted by Gasteiger charge is 1.54. The lowest BCUT2D eigenvalue weighted by Gasteiger charge is -1.67. The summed E-state index contributed by atoms with van der Waals surface area (Å²) in [4.78, 5) is 0. The van der Waals surface area contributed by atoms with Crippen LogP contribution in [0.15, 0.2) is 49.6 Å². The molecule has 0 heterocycles. The number of allylic oxidation sites excluding steroid dienone is 6. The smallest absolute Gasteiger partial charge is 0.0623 e. The minimum atomic E-state index is 1.73. The summed E-state index contributed by atoms with van der Waals surface area (Å²) in [5, 5.41) is 0. The Morgan fingerprint density at radius 1 is 0.625 bits per heavy atom. The highest BCUT2D eigenvalue weighted by atomic mass is 13.6. The maximum absolute atomic E-state index is 3.51. The fraction of sp³-hybridized carbons (Fsp3) is 0. The summed E-state index contributed by atoms with van der Waals surface area (Å²) in [5.74, 6) is 0. The fourth-order valence-electron chi connectivity index (χ4n) is 0.285. The van der Waals surface area contributed by atoms with E-state index in [9.17, 15) is 0 Å². The predicted octanol–water partition coefficient (Wildman–Crippen LogP) is 2.47. The topological polar surface area (TPSA) is 0 Å². The van der Waals surface area contributed by atoms with E-state index in [-0.39, 0.29) is 0 Å². The minimum absolute atomic E-state index is 1.73. The van der Waals surface area contributed by atoms with E-state index in [2.05, 4.69) is 13.2 Å². The van der Waals surface area contributed by atoms with Crippen LogP contribution in [0.25, 0.3) is 0 Å². The molecule has 8 heavy (non-hydrogen) atoms. The average molecular weight is 106 g/mol. The van der Waals surface area contributed by atoms with Crippen LogP contribution in [0.1, 0.15) is 0 Å². The maximum Gasteiger partial charge on any atom is -0.0623 e. The molecule has 42 valence electrons. The molecule has 0 fully saturated rings. The van der Waals surface area contributed by atoms with Crippen molar-refractivity contribution < 1.29 is 0 Å². The molecule has 0 rings (SSSR count). The molecule has 0 atom stereocenters. The largest absolute Gasteiger partial charge is 0.0991 e. The lowest BCUT2D eigenvalue weighted by Crippen LogP contribution is -1.45. The molecule has 0 aliphatic rings. The summed E-state index contributed by atoms with van der Waals surface area (Å²) in [6.45, 7) is 7.02. The maximum atomic E-state index is 3.51. The Morgan fingerprint density at radius 2 is 1.00 bits per heavy atom. The molecule has 0 amide bonds. The van der Waals surface area contributed by atoms with Crippen molar-refractivity contribution in [2.45, 2.75) is 0 Å². The van der Waals surface area contributed by atoms with Gasteiger partial charge in [0.05, 0.1) is 0 Å². The summed E-state index contributed by atoms with van der Waals surface area (Å²) < 4.78 is 0. The SMILES string of the molecule is C=CC=CC=CC=C. The molecule has 0 spiro atoms. The summed E-state index contributed by atoms with van der Waals surface area (Å²) >= 11 is 0. The van der Waals surface area contributed by atoms with Gasteiger partial charge in [0.15, 0.2) is 0 Å². The standard InChI is InChI=1S/C8H10/c1-3-5-7-8-6-4-2/h3-8H,1-2H2. The second-order valence-corrected chi connectivity index (χ2v) is 1.24. The average Bonchev–Trinajstić information content (AvgIpc) is 1.81. The fourth-order valence-corrected chi connectivity index (χ4v) is 0.285. The van der Waals surface area contributed by atoms with Gasteiger partial charge in [0.2, 0.25) is 0 Å². The Bertz CT molecular complexity index is 100. The van der Waals surface area contributed by atoms with Gasteiger partial charge in [-0.25, -0.2) is 0 Å². The summed E-state index contributed by atoms with van der Waals surface area (Å²) in [7, 11) is 0. The molecular weight excluding hydrogens is 96.1 g/mol. The van der Waals surface area contributed by atoms with Crippen LogP contribution in [-0.2, 0) is 0 Å². The lowest BCUT2D eigenvalue weighted by atomic mass is 10.4. The van der Waals surface area contributed by atoms with Gasteiger partial charge in [0, 0.05) is 0 Å². The van der Waals surface area contributed by atoms with E-state index in [1.165, 1.54) is 0 Å². The zero-order valence-corrected chi connectivity index (χ0v) is 4.88. The van der Waals surface area contributed by atoms with Gasteiger partial charge >= 0.3 is 0 Å². The summed E-state index contributed by atoms with van der Waals surface area (Å²) in [6, 6.07) is 0. The Morgan fingerprint density at radius 3 is 1.25 bits per heavy atom. The monoisotopic (exact) mass is 106 g/mol. The summed E-state index contributed by atoms with van der Waals surface area (Å²) in [6.07, 6.45) is 11.0. The van der Waals surface area contributed by atoms with E-state index in [1.807, 2.05) is 24.3 Å².